The molecular weight excluding hydrogens is 256 g/mol. The van der Waals surface area contributed by atoms with Gasteiger partial charge in [0.1, 0.15) is 0 Å². The molecular formula is C15H14N2OS. The number of carbonyl (C=O) groups excluding carboxylic acids is 1. The van der Waals surface area contributed by atoms with E-state index in [1.54, 1.807) is 11.8 Å². The van der Waals surface area contributed by atoms with Gasteiger partial charge < -0.3 is 5.73 Å². The minimum Gasteiger partial charge on any atom is -0.366 e. The van der Waals surface area contributed by atoms with Crippen LogP contribution in [0.4, 0.5) is 0 Å². The van der Waals surface area contributed by atoms with Crippen LogP contribution in [-0.2, 0) is 6.42 Å². The first kappa shape index (κ1) is 12.2. The number of nitrogens with two attached hydrogens (primary N) is 1. The second-order valence-electron chi connectivity index (χ2n) is 4.61. The number of amides is 1. The number of pyridine rings is 1. The van der Waals surface area contributed by atoms with Crippen LogP contribution in [0, 0.1) is 0 Å². The molecule has 1 atom stereocenters. The fourth-order valence-electron chi connectivity index (χ4n) is 2.34. The Labute approximate surface area is 116 Å². The quantitative estimate of drug-likeness (QED) is 0.912. The summed E-state index contributed by atoms with van der Waals surface area (Å²) in [5, 5.41) is 0.429. The van der Waals surface area contributed by atoms with Crippen molar-refractivity contribution < 1.29 is 4.79 Å². The topological polar surface area (TPSA) is 56.0 Å². The molecule has 0 saturated carbocycles. The number of thioether (sulfide) groups is 1. The van der Waals surface area contributed by atoms with Crippen molar-refractivity contribution in [1.29, 1.82) is 0 Å². The molecule has 1 aliphatic rings. The first-order valence-corrected chi connectivity index (χ1v) is 7.11. The third-order valence-corrected chi connectivity index (χ3v) is 4.80. The molecule has 3 nitrogen and oxygen atoms in total. The Bertz CT molecular complexity index is 613. The predicted molar refractivity (Wildman–Crippen MR) is 76.1 cm³/mol. The van der Waals surface area contributed by atoms with E-state index in [1.165, 1.54) is 16.0 Å². The standard InChI is InChI=1S/C15H14N2OS/c16-15(18)12-2-1-10-3-4-13(19-14(10)9-12)11-5-7-17-8-6-11/h1-2,5-9,13H,3-4H2,(H2,16,18). The molecule has 1 aromatic heterocycles. The Morgan fingerprint density at radius 1 is 1.26 bits per heavy atom. The van der Waals surface area contributed by atoms with Gasteiger partial charge in [-0.3, -0.25) is 9.78 Å². The maximum Gasteiger partial charge on any atom is 0.248 e. The molecule has 1 amide bonds. The van der Waals surface area contributed by atoms with Gasteiger partial charge in [-0.2, -0.15) is 0 Å². The number of aromatic nitrogens is 1. The zero-order chi connectivity index (χ0) is 13.2. The van der Waals surface area contributed by atoms with Crippen molar-refractivity contribution in [3.63, 3.8) is 0 Å². The second-order valence-corrected chi connectivity index (χ2v) is 5.86. The van der Waals surface area contributed by atoms with Gasteiger partial charge in [-0.05, 0) is 48.2 Å². The number of carbonyl (C=O) groups is 1. The first-order valence-electron chi connectivity index (χ1n) is 6.23. The summed E-state index contributed by atoms with van der Waals surface area (Å²) in [7, 11) is 0. The maximum absolute atomic E-state index is 11.2. The molecule has 1 unspecified atom stereocenters. The molecule has 19 heavy (non-hydrogen) atoms. The smallest absolute Gasteiger partial charge is 0.248 e. The van der Waals surface area contributed by atoms with E-state index in [0.29, 0.717) is 10.8 Å². The van der Waals surface area contributed by atoms with Crippen molar-refractivity contribution in [2.45, 2.75) is 23.0 Å². The van der Waals surface area contributed by atoms with Crippen LogP contribution < -0.4 is 5.73 Å². The van der Waals surface area contributed by atoms with Gasteiger partial charge in [-0.25, -0.2) is 0 Å². The van der Waals surface area contributed by atoms with Crippen LogP contribution in [-0.4, -0.2) is 10.9 Å². The van der Waals surface area contributed by atoms with E-state index in [0.717, 1.165) is 12.8 Å². The maximum atomic E-state index is 11.2. The molecule has 4 heteroatoms. The van der Waals surface area contributed by atoms with Crippen LogP contribution in [0.2, 0.25) is 0 Å². The molecule has 0 aliphatic carbocycles. The molecule has 0 saturated heterocycles. The number of fused-ring (bicyclic) bond motifs is 1. The third-order valence-electron chi connectivity index (χ3n) is 3.37. The Kier molecular flexibility index (Phi) is 3.25. The molecule has 0 spiro atoms. The summed E-state index contributed by atoms with van der Waals surface area (Å²) < 4.78 is 0. The molecule has 3 rings (SSSR count). The lowest BCUT2D eigenvalue weighted by Crippen LogP contribution is -2.12. The zero-order valence-electron chi connectivity index (χ0n) is 10.4. The van der Waals surface area contributed by atoms with E-state index in [1.807, 2.05) is 30.6 Å². The first-order chi connectivity index (χ1) is 9.24. The minimum absolute atomic E-state index is 0.366. The number of aryl methyl sites for hydroxylation is 1. The van der Waals surface area contributed by atoms with Crippen LogP contribution >= 0.6 is 11.8 Å². The summed E-state index contributed by atoms with van der Waals surface area (Å²) in [6, 6.07) is 9.86. The molecule has 0 fully saturated rings. The molecule has 0 bridgehead atoms. The number of hydrogen-bond acceptors (Lipinski definition) is 3. The van der Waals surface area contributed by atoms with E-state index >= 15 is 0 Å². The van der Waals surface area contributed by atoms with Crippen molar-refractivity contribution in [2.75, 3.05) is 0 Å². The lowest BCUT2D eigenvalue weighted by atomic mass is 10.0. The van der Waals surface area contributed by atoms with Gasteiger partial charge in [0.05, 0.1) is 0 Å². The third kappa shape index (κ3) is 2.49. The van der Waals surface area contributed by atoms with E-state index in [2.05, 4.69) is 17.1 Å². The number of primary amides is 1. The van der Waals surface area contributed by atoms with Gasteiger partial charge in [0, 0.05) is 28.1 Å². The Morgan fingerprint density at radius 3 is 2.79 bits per heavy atom. The highest BCUT2D eigenvalue weighted by Crippen LogP contribution is 2.44. The molecule has 2 N–H and O–H groups in total. The van der Waals surface area contributed by atoms with Gasteiger partial charge in [-0.1, -0.05) is 6.07 Å². The van der Waals surface area contributed by atoms with Gasteiger partial charge in [0.25, 0.3) is 0 Å². The summed E-state index contributed by atoms with van der Waals surface area (Å²) in [4.78, 5) is 16.5. The van der Waals surface area contributed by atoms with Crippen molar-refractivity contribution in [1.82, 2.24) is 4.98 Å². The van der Waals surface area contributed by atoms with Gasteiger partial charge in [0.2, 0.25) is 5.91 Å². The molecule has 1 aliphatic heterocycles. The summed E-state index contributed by atoms with van der Waals surface area (Å²) in [6.07, 6.45) is 5.79. The Morgan fingerprint density at radius 2 is 2.05 bits per heavy atom. The molecule has 2 heterocycles. The summed E-state index contributed by atoms with van der Waals surface area (Å²) >= 11 is 1.81. The van der Waals surface area contributed by atoms with Gasteiger partial charge in [0.15, 0.2) is 0 Å². The largest absolute Gasteiger partial charge is 0.366 e. The van der Waals surface area contributed by atoms with Crippen LogP contribution in [0.5, 0.6) is 0 Å². The number of hydrogen-bond donors (Lipinski definition) is 1. The number of rotatable bonds is 2. The Hall–Kier alpha value is -1.81. The predicted octanol–water partition coefficient (Wildman–Crippen LogP) is 2.96. The van der Waals surface area contributed by atoms with Crippen molar-refractivity contribution >= 4 is 17.7 Å². The van der Waals surface area contributed by atoms with Crippen LogP contribution in [0.3, 0.4) is 0 Å². The van der Waals surface area contributed by atoms with E-state index in [4.69, 9.17) is 5.73 Å². The van der Waals surface area contributed by atoms with Crippen LogP contribution in [0.1, 0.15) is 33.2 Å². The lowest BCUT2D eigenvalue weighted by molar-refractivity contribution is 0.1000. The summed E-state index contributed by atoms with van der Waals surface area (Å²) in [5.74, 6) is -0.366. The average Bonchev–Trinajstić information content (AvgIpc) is 2.47. The van der Waals surface area contributed by atoms with Crippen molar-refractivity contribution in [3.8, 4) is 0 Å². The molecule has 2 aromatic rings. The SMILES string of the molecule is NC(=O)c1ccc2c(c1)SC(c1ccncc1)CC2. The molecule has 96 valence electrons. The summed E-state index contributed by atoms with van der Waals surface area (Å²) in [5.41, 5.74) is 8.51. The number of benzene rings is 1. The van der Waals surface area contributed by atoms with E-state index < -0.39 is 0 Å². The zero-order valence-corrected chi connectivity index (χ0v) is 11.2. The second kappa shape index (κ2) is 5.05. The highest BCUT2D eigenvalue weighted by molar-refractivity contribution is 7.99. The van der Waals surface area contributed by atoms with Crippen LogP contribution in [0.25, 0.3) is 0 Å². The fourth-order valence-corrected chi connectivity index (χ4v) is 3.69. The molecule has 1 aromatic carbocycles. The van der Waals surface area contributed by atoms with Gasteiger partial charge >= 0.3 is 0 Å². The van der Waals surface area contributed by atoms with E-state index in [-0.39, 0.29) is 5.91 Å². The number of nitrogens with zero attached hydrogens (tertiary/aromatic N) is 1. The minimum atomic E-state index is -0.366. The lowest BCUT2D eigenvalue weighted by Gasteiger charge is -2.24. The summed E-state index contributed by atoms with van der Waals surface area (Å²) in [6.45, 7) is 0. The van der Waals surface area contributed by atoms with Crippen molar-refractivity contribution in [3.05, 3.63) is 59.4 Å². The van der Waals surface area contributed by atoms with Crippen LogP contribution in [0.15, 0.2) is 47.6 Å². The van der Waals surface area contributed by atoms with Gasteiger partial charge in [-0.15, -0.1) is 11.8 Å². The van der Waals surface area contributed by atoms with Crippen molar-refractivity contribution in [2.24, 2.45) is 5.73 Å². The monoisotopic (exact) mass is 270 g/mol. The Balaban J connectivity index is 1.90. The fraction of sp³-hybridized carbons (Fsp3) is 0.200. The highest BCUT2D eigenvalue weighted by atomic mass is 32.2. The highest BCUT2D eigenvalue weighted by Gasteiger charge is 2.21. The van der Waals surface area contributed by atoms with E-state index in [9.17, 15) is 4.79 Å². The average molecular weight is 270 g/mol. The molecule has 0 radical (unpaired) electrons. The normalized spacial score (nSPS) is 17.8.